The first-order chi connectivity index (χ1) is 11.9. The summed E-state index contributed by atoms with van der Waals surface area (Å²) in [5.41, 5.74) is -1.37. The molecule has 3 aromatic rings. The summed E-state index contributed by atoms with van der Waals surface area (Å²) in [5, 5.41) is 4.06. The molecule has 0 radical (unpaired) electrons. The number of benzene rings is 1. The molecule has 0 saturated carbocycles. The maximum atomic E-state index is 14.1. The number of pyridine rings is 1. The van der Waals surface area contributed by atoms with Crippen LogP contribution in [-0.2, 0) is 12.7 Å². The maximum Gasteiger partial charge on any atom is 0.419 e. The summed E-state index contributed by atoms with van der Waals surface area (Å²) in [6.07, 6.45) is -3.27. The molecule has 0 N–H and O–H groups in total. The van der Waals surface area contributed by atoms with Crippen molar-refractivity contribution in [2.75, 3.05) is 0 Å². The van der Waals surface area contributed by atoms with Crippen LogP contribution < -0.4 is 5.56 Å². The molecule has 128 valence electrons. The molecule has 0 unspecified atom stereocenters. The number of nitrogens with zero attached hydrogens (tertiary/aromatic N) is 3. The van der Waals surface area contributed by atoms with Crippen LogP contribution in [0.1, 0.15) is 11.1 Å². The van der Waals surface area contributed by atoms with Crippen molar-refractivity contribution in [3.05, 3.63) is 82.0 Å². The third-order valence-corrected chi connectivity index (χ3v) is 3.50. The molecule has 0 aliphatic heterocycles. The molecule has 8 heteroatoms. The lowest BCUT2D eigenvalue weighted by atomic mass is 10.1. The SMILES string of the molecule is O=c1ccc(-c2ccccn2)nn1Cc1cccc(C(F)(F)F)c1F. The van der Waals surface area contributed by atoms with E-state index in [0.717, 1.165) is 10.7 Å². The van der Waals surface area contributed by atoms with Crippen LogP contribution in [0.4, 0.5) is 17.6 Å². The van der Waals surface area contributed by atoms with Gasteiger partial charge in [-0.25, -0.2) is 9.07 Å². The minimum Gasteiger partial charge on any atom is -0.268 e. The smallest absolute Gasteiger partial charge is 0.268 e. The number of rotatable bonds is 3. The summed E-state index contributed by atoms with van der Waals surface area (Å²) in [4.78, 5) is 16.0. The second kappa shape index (κ2) is 6.46. The molecule has 2 heterocycles. The van der Waals surface area contributed by atoms with Crippen LogP contribution in [0.3, 0.4) is 0 Å². The highest BCUT2D eigenvalue weighted by atomic mass is 19.4. The zero-order chi connectivity index (χ0) is 18.0. The summed E-state index contributed by atoms with van der Waals surface area (Å²) < 4.78 is 53.4. The van der Waals surface area contributed by atoms with Crippen molar-refractivity contribution in [2.45, 2.75) is 12.7 Å². The molecular weight excluding hydrogens is 338 g/mol. The second-order valence-electron chi connectivity index (χ2n) is 5.21. The Balaban J connectivity index is 2.01. The van der Waals surface area contributed by atoms with Gasteiger partial charge in [-0.2, -0.15) is 18.3 Å². The van der Waals surface area contributed by atoms with Crippen LogP contribution in [0, 0.1) is 5.82 Å². The second-order valence-corrected chi connectivity index (χ2v) is 5.21. The number of aromatic nitrogens is 3. The average molecular weight is 349 g/mol. The molecule has 4 nitrogen and oxygen atoms in total. The van der Waals surface area contributed by atoms with Gasteiger partial charge in [-0.15, -0.1) is 0 Å². The zero-order valence-electron chi connectivity index (χ0n) is 12.7. The van der Waals surface area contributed by atoms with Crippen molar-refractivity contribution in [3.8, 4) is 11.4 Å². The van der Waals surface area contributed by atoms with E-state index in [1.54, 1.807) is 24.4 Å². The topological polar surface area (TPSA) is 47.8 Å². The largest absolute Gasteiger partial charge is 0.419 e. The lowest BCUT2D eigenvalue weighted by molar-refractivity contribution is -0.140. The highest BCUT2D eigenvalue weighted by Gasteiger charge is 2.34. The Morgan fingerprint density at radius 1 is 0.960 bits per heavy atom. The molecule has 0 bridgehead atoms. The standard InChI is InChI=1S/C17H11F4N3O/c18-16-11(4-3-5-12(16)17(19,20)21)10-24-15(25)8-7-14(23-24)13-6-1-2-9-22-13/h1-9H,10H2. The normalized spacial score (nSPS) is 11.5. The first-order valence-electron chi connectivity index (χ1n) is 7.20. The first-order valence-corrected chi connectivity index (χ1v) is 7.20. The lowest BCUT2D eigenvalue weighted by Crippen LogP contribution is -2.24. The first kappa shape index (κ1) is 16.8. The summed E-state index contributed by atoms with van der Waals surface area (Å²) in [6.45, 7) is -0.421. The molecule has 3 rings (SSSR count). The van der Waals surface area contributed by atoms with Crippen LogP contribution in [0.15, 0.2) is 59.5 Å². The highest BCUT2D eigenvalue weighted by Crippen LogP contribution is 2.32. The third-order valence-electron chi connectivity index (χ3n) is 3.50. The zero-order valence-corrected chi connectivity index (χ0v) is 12.7. The van der Waals surface area contributed by atoms with Gasteiger partial charge in [0.05, 0.1) is 17.8 Å². The van der Waals surface area contributed by atoms with E-state index in [1.807, 2.05) is 0 Å². The van der Waals surface area contributed by atoms with Crippen LogP contribution >= 0.6 is 0 Å². The van der Waals surface area contributed by atoms with Gasteiger partial charge in [-0.1, -0.05) is 18.2 Å². The Labute approximate surface area is 139 Å². The number of alkyl halides is 3. The summed E-state index contributed by atoms with van der Waals surface area (Å²) in [7, 11) is 0. The Morgan fingerprint density at radius 3 is 2.44 bits per heavy atom. The minimum atomic E-state index is -4.81. The van der Waals surface area contributed by atoms with Crippen LogP contribution in [0.5, 0.6) is 0 Å². The fourth-order valence-corrected chi connectivity index (χ4v) is 2.30. The Morgan fingerprint density at radius 2 is 1.76 bits per heavy atom. The summed E-state index contributed by atoms with van der Waals surface area (Å²) in [5.74, 6) is -1.41. The molecule has 1 aromatic carbocycles. The van der Waals surface area contributed by atoms with Gasteiger partial charge in [0, 0.05) is 17.8 Å². The van der Waals surface area contributed by atoms with Gasteiger partial charge < -0.3 is 0 Å². The van der Waals surface area contributed by atoms with Crippen molar-refractivity contribution >= 4 is 0 Å². The van der Waals surface area contributed by atoms with Crippen LogP contribution in [0.2, 0.25) is 0 Å². The fourth-order valence-electron chi connectivity index (χ4n) is 2.30. The van der Waals surface area contributed by atoms with Gasteiger partial charge in [0.15, 0.2) is 0 Å². The predicted molar refractivity (Wildman–Crippen MR) is 82.2 cm³/mol. The molecule has 2 aromatic heterocycles. The van der Waals surface area contributed by atoms with E-state index in [2.05, 4.69) is 10.1 Å². The summed E-state index contributed by atoms with van der Waals surface area (Å²) in [6, 6.07) is 10.7. The Bertz CT molecular complexity index is 952. The maximum absolute atomic E-state index is 14.1. The number of hydrogen-bond donors (Lipinski definition) is 0. The van der Waals surface area contributed by atoms with Gasteiger partial charge >= 0.3 is 6.18 Å². The quantitative estimate of drug-likeness (QED) is 0.680. The van der Waals surface area contributed by atoms with Crippen LogP contribution in [-0.4, -0.2) is 14.8 Å². The Kier molecular flexibility index (Phi) is 4.35. The molecule has 25 heavy (non-hydrogen) atoms. The molecule has 0 saturated heterocycles. The van der Waals surface area contributed by atoms with Crippen molar-refractivity contribution in [1.29, 1.82) is 0 Å². The molecular formula is C17H11F4N3O. The molecule has 0 atom stereocenters. The van der Waals surface area contributed by atoms with Gasteiger partial charge in [0.2, 0.25) is 0 Å². The van der Waals surface area contributed by atoms with E-state index in [1.165, 1.54) is 18.2 Å². The van der Waals surface area contributed by atoms with Crippen molar-refractivity contribution < 1.29 is 17.6 Å². The van der Waals surface area contributed by atoms with Crippen molar-refractivity contribution in [1.82, 2.24) is 14.8 Å². The van der Waals surface area contributed by atoms with Gasteiger partial charge in [0.1, 0.15) is 11.5 Å². The van der Waals surface area contributed by atoms with Gasteiger partial charge in [-0.3, -0.25) is 9.78 Å². The highest BCUT2D eigenvalue weighted by molar-refractivity contribution is 5.52. The Hall–Kier alpha value is -3.03. The molecule has 0 aliphatic carbocycles. The third kappa shape index (κ3) is 3.57. The summed E-state index contributed by atoms with van der Waals surface area (Å²) >= 11 is 0. The average Bonchev–Trinajstić information content (AvgIpc) is 2.58. The van der Waals surface area contributed by atoms with E-state index in [9.17, 15) is 22.4 Å². The van der Waals surface area contributed by atoms with E-state index >= 15 is 0 Å². The number of halogens is 4. The monoisotopic (exact) mass is 349 g/mol. The molecule has 0 fully saturated rings. The lowest BCUT2D eigenvalue weighted by Gasteiger charge is -2.12. The minimum absolute atomic E-state index is 0.275. The molecule has 0 aliphatic rings. The van der Waals surface area contributed by atoms with Gasteiger partial charge in [-0.05, 0) is 24.3 Å². The van der Waals surface area contributed by atoms with E-state index in [0.29, 0.717) is 17.5 Å². The number of hydrogen-bond acceptors (Lipinski definition) is 3. The van der Waals surface area contributed by atoms with Crippen molar-refractivity contribution in [3.63, 3.8) is 0 Å². The van der Waals surface area contributed by atoms with E-state index < -0.39 is 29.7 Å². The van der Waals surface area contributed by atoms with E-state index in [4.69, 9.17) is 0 Å². The van der Waals surface area contributed by atoms with E-state index in [-0.39, 0.29) is 5.56 Å². The fraction of sp³-hybridized carbons (Fsp3) is 0.118. The predicted octanol–water partition coefficient (Wildman–Crippen LogP) is 3.51. The van der Waals surface area contributed by atoms with Crippen molar-refractivity contribution in [2.24, 2.45) is 0 Å². The van der Waals surface area contributed by atoms with Gasteiger partial charge in [0.25, 0.3) is 5.56 Å². The molecule has 0 amide bonds. The van der Waals surface area contributed by atoms with Crippen LogP contribution in [0.25, 0.3) is 11.4 Å². The molecule has 0 spiro atoms.